The molecule has 6 nitrogen and oxygen atoms in total. The molecule has 1 aliphatic rings. The lowest BCUT2D eigenvalue weighted by molar-refractivity contribution is -0.140. The molecular formula is C24H30N2O4. The molecule has 1 atom stereocenters. The number of likely N-dealkylation sites (N-methyl/N-ethyl adjacent to an activating group) is 1. The van der Waals surface area contributed by atoms with Gasteiger partial charge in [-0.3, -0.25) is 9.59 Å². The smallest absolute Gasteiger partial charge is 0.242 e. The highest BCUT2D eigenvalue weighted by Crippen LogP contribution is 2.31. The molecule has 0 radical (unpaired) electrons. The lowest BCUT2D eigenvalue weighted by Crippen LogP contribution is -2.49. The van der Waals surface area contributed by atoms with Crippen molar-refractivity contribution in [3.63, 3.8) is 0 Å². The second kappa shape index (κ2) is 10.7. The molecule has 0 spiro atoms. The molecule has 2 aromatic rings. The molecule has 0 saturated carbocycles. The SMILES string of the molecule is CCC(C(=O)NC)N(CCc1ccccc1)C(=O)CCc1ccc2c(c1)OCCO2. The zero-order valence-corrected chi connectivity index (χ0v) is 17.7. The molecule has 30 heavy (non-hydrogen) atoms. The average molecular weight is 411 g/mol. The van der Waals surface area contributed by atoms with Crippen LogP contribution >= 0.6 is 0 Å². The normalized spacial score (nSPS) is 13.4. The van der Waals surface area contributed by atoms with Crippen molar-refractivity contribution in [2.45, 2.75) is 38.6 Å². The number of aryl methyl sites for hydroxylation is 1. The van der Waals surface area contributed by atoms with Gasteiger partial charge in [-0.15, -0.1) is 0 Å². The Morgan fingerprint density at radius 2 is 1.73 bits per heavy atom. The van der Waals surface area contributed by atoms with Crippen molar-refractivity contribution < 1.29 is 19.1 Å². The van der Waals surface area contributed by atoms with Crippen LogP contribution in [0.2, 0.25) is 0 Å². The van der Waals surface area contributed by atoms with Crippen molar-refractivity contribution in [2.75, 3.05) is 26.8 Å². The third kappa shape index (κ3) is 5.53. The minimum Gasteiger partial charge on any atom is -0.486 e. The molecule has 160 valence electrons. The fourth-order valence-electron chi connectivity index (χ4n) is 3.70. The number of benzene rings is 2. The summed E-state index contributed by atoms with van der Waals surface area (Å²) in [5.74, 6) is 1.32. The van der Waals surface area contributed by atoms with E-state index in [1.165, 1.54) is 0 Å². The largest absolute Gasteiger partial charge is 0.486 e. The van der Waals surface area contributed by atoms with Crippen molar-refractivity contribution in [1.29, 1.82) is 0 Å². The maximum Gasteiger partial charge on any atom is 0.242 e. The fraction of sp³-hybridized carbons (Fsp3) is 0.417. The van der Waals surface area contributed by atoms with Crippen LogP contribution in [-0.4, -0.2) is 49.6 Å². The number of fused-ring (bicyclic) bond motifs is 1. The van der Waals surface area contributed by atoms with Gasteiger partial charge in [0.2, 0.25) is 11.8 Å². The predicted molar refractivity (Wildman–Crippen MR) is 116 cm³/mol. The van der Waals surface area contributed by atoms with Gasteiger partial charge in [0.15, 0.2) is 11.5 Å². The van der Waals surface area contributed by atoms with Crippen molar-refractivity contribution >= 4 is 11.8 Å². The van der Waals surface area contributed by atoms with Crippen LogP contribution in [0.25, 0.3) is 0 Å². The second-order valence-corrected chi connectivity index (χ2v) is 7.34. The van der Waals surface area contributed by atoms with Gasteiger partial charge in [0.05, 0.1) is 0 Å². The number of hydrogen-bond acceptors (Lipinski definition) is 4. The molecule has 2 amide bonds. The molecule has 0 saturated heterocycles. The minimum atomic E-state index is -0.466. The molecule has 2 aromatic carbocycles. The third-order valence-electron chi connectivity index (χ3n) is 5.35. The predicted octanol–water partition coefficient (Wildman–Crippen LogP) is 2.99. The van der Waals surface area contributed by atoms with E-state index in [0.29, 0.717) is 45.4 Å². The summed E-state index contributed by atoms with van der Waals surface area (Å²) in [7, 11) is 1.61. The Morgan fingerprint density at radius 3 is 2.43 bits per heavy atom. The number of ether oxygens (including phenoxy) is 2. The Kier molecular flexibility index (Phi) is 7.71. The molecule has 0 fully saturated rings. The van der Waals surface area contributed by atoms with Crippen molar-refractivity contribution in [3.8, 4) is 11.5 Å². The second-order valence-electron chi connectivity index (χ2n) is 7.34. The van der Waals surface area contributed by atoms with Crippen LogP contribution in [-0.2, 0) is 22.4 Å². The van der Waals surface area contributed by atoms with E-state index >= 15 is 0 Å². The summed E-state index contributed by atoms with van der Waals surface area (Å²) in [5.41, 5.74) is 2.16. The Morgan fingerprint density at radius 1 is 1.00 bits per heavy atom. The van der Waals surface area contributed by atoms with Gasteiger partial charge >= 0.3 is 0 Å². The monoisotopic (exact) mass is 410 g/mol. The highest BCUT2D eigenvalue weighted by molar-refractivity contribution is 5.87. The molecule has 1 heterocycles. The van der Waals surface area contributed by atoms with Gasteiger partial charge < -0.3 is 19.7 Å². The average Bonchev–Trinajstić information content (AvgIpc) is 2.80. The van der Waals surface area contributed by atoms with E-state index in [2.05, 4.69) is 5.32 Å². The first-order valence-corrected chi connectivity index (χ1v) is 10.6. The topological polar surface area (TPSA) is 67.9 Å². The number of amides is 2. The highest BCUT2D eigenvalue weighted by Gasteiger charge is 2.27. The number of carbonyl (C=O) groups excluding carboxylic acids is 2. The van der Waals surface area contributed by atoms with Gasteiger partial charge in [0, 0.05) is 20.0 Å². The summed E-state index contributed by atoms with van der Waals surface area (Å²) in [6, 6.07) is 15.3. The third-order valence-corrected chi connectivity index (χ3v) is 5.35. The summed E-state index contributed by atoms with van der Waals surface area (Å²) in [6.07, 6.45) is 2.21. The molecule has 0 bridgehead atoms. The molecule has 1 N–H and O–H groups in total. The zero-order chi connectivity index (χ0) is 21.3. The molecule has 1 unspecified atom stereocenters. The number of hydrogen-bond donors (Lipinski definition) is 1. The van der Waals surface area contributed by atoms with E-state index in [0.717, 1.165) is 22.6 Å². The van der Waals surface area contributed by atoms with Crippen LogP contribution in [0.5, 0.6) is 11.5 Å². The van der Waals surface area contributed by atoms with Crippen LogP contribution in [0.4, 0.5) is 0 Å². The van der Waals surface area contributed by atoms with Gasteiger partial charge in [0.1, 0.15) is 19.3 Å². The van der Waals surface area contributed by atoms with E-state index in [1.54, 1.807) is 11.9 Å². The number of nitrogens with one attached hydrogen (secondary N) is 1. The number of nitrogens with zero attached hydrogens (tertiary/aromatic N) is 1. The first kappa shape index (κ1) is 21.7. The summed E-state index contributed by atoms with van der Waals surface area (Å²) >= 11 is 0. The minimum absolute atomic E-state index is 0.0173. The number of carbonyl (C=O) groups is 2. The summed E-state index contributed by atoms with van der Waals surface area (Å²) < 4.78 is 11.2. The number of rotatable bonds is 9. The van der Waals surface area contributed by atoms with E-state index < -0.39 is 6.04 Å². The Labute approximate surface area is 178 Å². The van der Waals surface area contributed by atoms with Crippen LogP contribution < -0.4 is 14.8 Å². The van der Waals surface area contributed by atoms with E-state index in [-0.39, 0.29) is 11.8 Å². The van der Waals surface area contributed by atoms with E-state index in [9.17, 15) is 9.59 Å². The van der Waals surface area contributed by atoms with Gasteiger partial charge in [0.25, 0.3) is 0 Å². The lowest BCUT2D eigenvalue weighted by Gasteiger charge is -2.30. The van der Waals surface area contributed by atoms with E-state index in [4.69, 9.17) is 9.47 Å². The van der Waals surface area contributed by atoms with Gasteiger partial charge in [-0.1, -0.05) is 43.3 Å². The molecule has 1 aliphatic heterocycles. The highest BCUT2D eigenvalue weighted by atomic mass is 16.6. The van der Waals surface area contributed by atoms with Crippen LogP contribution in [0, 0.1) is 0 Å². The van der Waals surface area contributed by atoms with Crippen molar-refractivity contribution in [1.82, 2.24) is 10.2 Å². The molecule has 0 aromatic heterocycles. The lowest BCUT2D eigenvalue weighted by atomic mass is 10.1. The van der Waals surface area contributed by atoms with Crippen molar-refractivity contribution in [3.05, 3.63) is 59.7 Å². The van der Waals surface area contributed by atoms with E-state index in [1.807, 2.05) is 55.5 Å². The Balaban J connectivity index is 1.68. The van der Waals surface area contributed by atoms with Crippen molar-refractivity contribution in [2.24, 2.45) is 0 Å². The molecule has 6 heteroatoms. The molecular weight excluding hydrogens is 380 g/mol. The van der Waals surface area contributed by atoms with Crippen LogP contribution in [0.1, 0.15) is 30.9 Å². The zero-order valence-electron chi connectivity index (χ0n) is 17.7. The van der Waals surface area contributed by atoms with Crippen LogP contribution in [0.3, 0.4) is 0 Å². The van der Waals surface area contributed by atoms with Gasteiger partial charge in [-0.05, 0) is 42.5 Å². The van der Waals surface area contributed by atoms with Gasteiger partial charge in [-0.2, -0.15) is 0 Å². The Bertz CT molecular complexity index is 854. The molecule has 0 aliphatic carbocycles. The van der Waals surface area contributed by atoms with Gasteiger partial charge in [-0.25, -0.2) is 0 Å². The standard InChI is InChI=1S/C24H30N2O4/c1-3-20(24(28)25-2)26(14-13-18-7-5-4-6-8-18)23(27)12-10-19-9-11-21-22(17-19)30-16-15-29-21/h4-9,11,17,20H,3,10,12-16H2,1-2H3,(H,25,28). The first-order valence-electron chi connectivity index (χ1n) is 10.6. The quantitative estimate of drug-likeness (QED) is 0.690. The summed E-state index contributed by atoms with van der Waals surface area (Å²) in [5, 5.41) is 2.69. The Hall–Kier alpha value is -3.02. The summed E-state index contributed by atoms with van der Waals surface area (Å²) in [6.45, 7) is 3.53. The molecule has 3 rings (SSSR count). The van der Waals surface area contributed by atoms with Crippen LogP contribution in [0.15, 0.2) is 48.5 Å². The first-order chi connectivity index (χ1) is 14.6. The summed E-state index contributed by atoms with van der Waals surface area (Å²) in [4.78, 5) is 27.3. The fourth-order valence-corrected chi connectivity index (χ4v) is 3.70. The maximum absolute atomic E-state index is 13.1. The maximum atomic E-state index is 13.1.